The van der Waals surface area contributed by atoms with E-state index in [9.17, 15) is 0 Å². The lowest BCUT2D eigenvalue weighted by atomic mass is 9.98. The summed E-state index contributed by atoms with van der Waals surface area (Å²) in [6, 6.07) is 30.3. The van der Waals surface area contributed by atoms with Gasteiger partial charge in [0.2, 0.25) is 11.4 Å². The molecule has 0 amide bonds. The predicted octanol–water partition coefficient (Wildman–Crippen LogP) is 7.96. The Balaban J connectivity index is 1.50. The number of aryl methyl sites for hydroxylation is 2. The Hall–Kier alpha value is -4.17. The fourth-order valence-electron chi connectivity index (χ4n) is 5.03. The van der Waals surface area contributed by atoms with E-state index in [0.29, 0.717) is 0 Å². The van der Waals surface area contributed by atoms with Crippen LogP contribution >= 0.6 is 0 Å². The van der Waals surface area contributed by atoms with Gasteiger partial charge >= 0.3 is 0 Å². The van der Waals surface area contributed by atoms with Gasteiger partial charge in [0.05, 0.1) is 17.0 Å². The SMILES string of the molecule is CC[N+]1=C(/C=C2/C=C(c3ccc(C)cc3)C=C(c3ccc(C)cc3)O2)c2cccc3cccc1c23. The number of hydrogen-bond acceptors (Lipinski definition) is 1. The maximum atomic E-state index is 6.54. The van der Waals surface area contributed by atoms with Crippen LogP contribution in [0.4, 0.5) is 5.69 Å². The first-order chi connectivity index (χ1) is 17.1. The summed E-state index contributed by atoms with van der Waals surface area (Å²) in [4.78, 5) is 0. The number of hydrogen-bond donors (Lipinski definition) is 0. The summed E-state index contributed by atoms with van der Waals surface area (Å²) in [5.41, 5.74) is 9.60. The summed E-state index contributed by atoms with van der Waals surface area (Å²) in [7, 11) is 0. The predicted molar refractivity (Wildman–Crippen MR) is 146 cm³/mol. The van der Waals surface area contributed by atoms with E-state index < -0.39 is 0 Å². The highest BCUT2D eigenvalue weighted by molar-refractivity contribution is 6.20. The van der Waals surface area contributed by atoms with Crippen molar-refractivity contribution in [2.45, 2.75) is 20.8 Å². The van der Waals surface area contributed by atoms with Crippen molar-refractivity contribution in [2.75, 3.05) is 6.54 Å². The molecule has 0 saturated heterocycles. The highest BCUT2D eigenvalue weighted by atomic mass is 16.5. The van der Waals surface area contributed by atoms with Crippen LogP contribution in [0.2, 0.25) is 0 Å². The molecule has 0 spiro atoms. The number of allylic oxidation sites excluding steroid dienone is 4. The molecule has 35 heavy (non-hydrogen) atoms. The molecule has 0 aromatic heterocycles. The molecule has 0 saturated carbocycles. The number of ether oxygens (including phenoxy) is 1. The Morgan fingerprint density at radius 1 is 0.743 bits per heavy atom. The third-order valence-corrected chi connectivity index (χ3v) is 6.87. The molecule has 6 rings (SSSR count). The van der Waals surface area contributed by atoms with Gasteiger partial charge in [0, 0.05) is 11.6 Å². The molecule has 0 radical (unpaired) electrons. The second-order valence-electron chi connectivity index (χ2n) is 9.30. The van der Waals surface area contributed by atoms with E-state index in [-0.39, 0.29) is 0 Å². The molecule has 2 aliphatic heterocycles. The molecule has 0 fully saturated rings. The quantitative estimate of drug-likeness (QED) is 0.285. The van der Waals surface area contributed by atoms with Gasteiger partial charge in [-0.15, -0.1) is 0 Å². The van der Waals surface area contributed by atoms with E-state index in [4.69, 9.17) is 4.74 Å². The molecule has 0 N–H and O–H groups in total. The Morgan fingerprint density at radius 2 is 1.40 bits per heavy atom. The van der Waals surface area contributed by atoms with Crippen LogP contribution in [0.5, 0.6) is 0 Å². The third kappa shape index (κ3) is 3.81. The van der Waals surface area contributed by atoms with E-state index in [0.717, 1.165) is 29.2 Å². The van der Waals surface area contributed by atoms with E-state index in [2.05, 4.69) is 129 Å². The topological polar surface area (TPSA) is 12.2 Å². The molecule has 0 unspecified atom stereocenters. The first-order valence-electron chi connectivity index (χ1n) is 12.2. The van der Waals surface area contributed by atoms with Crippen molar-refractivity contribution in [1.82, 2.24) is 0 Å². The average molecular weight is 455 g/mol. The van der Waals surface area contributed by atoms with Crippen LogP contribution in [0.15, 0.2) is 109 Å². The Labute approximate surface area is 206 Å². The number of nitrogens with zero attached hydrogens (tertiary/aromatic N) is 1. The van der Waals surface area contributed by atoms with Crippen molar-refractivity contribution < 1.29 is 9.31 Å². The smallest absolute Gasteiger partial charge is 0.217 e. The van der Waals surface area contributed by atoms with Crippen LogP contribution < -0.4 is 0 Å². The lowest BCUT2D eigenvalue weighted by molar-refractivity contribution is -0.430. The maximum Gasteiger partial charge on any atom is 0.217 e. The van der Waals surface area contributed by atoms with Crippen molar-refractivity contribution >= 4 is 33.5 Å². The van der Waals surface area contributed by atoms with Gasteiger partial charge in [-0.3, -0.25) is 0 Å². The van der Waals surface area contributed by atoms with Gasteiger partial charge in [-0.25, -0.2) is 0 Å². The highest BCUT2D eigenvalue weighted by Gasteiger charge is 2.30. The molecule has 2 heterocycles. The fraction of sp³-hybridized carbons (Fsp3) is 0.121. The van der Waals surface area contributed by atoms with Gasteiger partial charge in [-0.2, -0.15) is 4.58 Å². The molecule has 2 heteroatoms. The van der Waals surface area contributed by atoms with Crippen molar-refractivity contribution in [1.29, 1.82) is 0 Å². The Kier molecular flexibility index (Phi) is 5.22. The first kappa shape index (κ1) is 21.4. The van der Waals surface area contributed by atoms with Crippen LogP contribution in [0.1, 0.15) is 34.7 Å². The lowest BCUT2D eigenvalue weighted by Gasteiger charge is -2.18. The van der Waals surface area contributed by atoms with Crippen molar-refractivity contribution in [2.24, 2.45) is 0 Å². The van der Waals surface area contributed by atoms with Crippen molar-refractivity contribution in [3.63, 3.8) is 0 Å². The second kappa shape index (κ2) is 8.56. The molecule has 4 aromatic rings. The normalized spacial score (nSPS) is 15.9. The van der Waals surface area contributed by atoms with Gasteiger partial charge in [-0.1, -0.05) is 83.9 Å². The van der Waals surface area contributed by atoms with Gasteiger partial charge in [0.1, 0.15) is 18.1 Å². The minimum Gasteiger partial charge on any atom is -0.456 e. The molecule has 0 aliphatic carbocycles. The van der Waals surface area contributed by atoms with Gasteiger partial charge in [-0.05, 0) is 55.5 Å². The Bertz CT molecular complexity index is 1570. The number of rotatable bonds is 4. The zero-order valence-corrected chi connectivity index (χ0v) is 20.4. The average Bonchev–Trinajstić information content (AvgIpc) is 3.19. The highest BCUT2D eigenvalue weighted by Crippen LogP contribution is 2.37. The standard InChI is InChI=1S/C33H28NO/c1-4-34-30-10-6-8-26-7-5-9-29(33(26)30)31(34)21-28-19-27(24-15-11-22(2)12-16-24)20-32(35-28)25-17-13-23(3)14-18-25/h5-21H,4H2,1-3H3/q+1/b28-21-. The van der Waals surface area contributed by atoms with Crippen LogP contribution in [0.3, 0.4) is 0 Å². The summed E-state index contributed by atoms with van der Waals surface area (Å²) >= 11 is 0. The van der Waals surface area contributed by atoms with E-state index in [1.807, 2.05) is 0 Å². The van der Waals surface area contributed by atoms with Crippen LogP contribution in [0.25, 0.3) is 22.1 Å². The van der Waals surface area contributed by atoms with Gasteiger partial charge in [0.25, 0.3) is 0 Å². The van der Waals surface area contributed by atoms with Gasteiger partial charge in [0.15, 0.2) is 0 Å². The molecule has 170 valence electrons. The summed E-state index contributed by atoms with van der Waals surface area (Å²) in [5.74, 6) is 1.71. The van der Waals surface area contributed by atoms with Crippen LogP contribution in [0, 0.1) is 13.8 Å². The van der Waals surface area contributed by atoms with E-state index in [1.165, 1.54) is 44.4 Å². The van der Waals surface area contributed by atoms with Gasteiger partial charge < -0.3 is 4.74 Å². The summed E-state index contributed by atoms with van der Waals surface area (Å²) < 4.78 is 8.92. The van der Waals surface area contributed by atoms with E-state index in [1.54, 1.807) is 0 Å². The summed E-state index contributed by atoms with van der Waals surface area (Å²) in [6.45, 7) is 7.32. The largest absolute Gasteiger partial charge is 0.456 e. The minimum absolute atomic E-state index is 0.844. The Morgan fingerprint density at radius 3 is 2.09 bits per heavy atom. The summed E-state index contributed by atoms with van der Waals surface area (Å²) in [6.07, 6.45) is 6.51. The minimum atomic E-state index is 0.844. The zero-order valence-electron chi connectivity index (χ0n) is 20.4. The fourth-order valence-corrected chi connectivity index (χ4v) is 5.03. The maximum absolute atomic E-state index is 6.54. The van der Waals surface area contributed by atoms with Crippen LogP contribution in [-0.2, 0) is 4.74 Å². The molecule has 4 aromatic carbocycles. The van der Waals surface area contributed by atoms with Crippen LogP contribution in [-0.4, -0.2) is 16.8 Å². The van der Waals surface area contributed by atoms with Crippen molar-refractivity contribution in [3.8, 4) is 0 Å². The molecule has 2 aliphatic rings. The van der Waals surface area contributed by atoms with Crippen molar-refractivity contribution in [3.05, 3.63) is 137 Å². The lowest BCUT2D eigenvalue weighted by Crippen LogP contribution is -2.12. The monoisotopic (exact) mass is 454 g/mol. The molecule has 0 bridgehead atoms. The van der Waals surface area contributed by atoms with E-state index >= 15 is 0 Å². The molecule has 2 nitrogen and oxygen atoms in total. The third-order valence-electron chi connectivity index (χ3n) is 6.87. The summed E-state index contributed by atoms with van der Waals surface area (Å²) in [5, 5.41) is 2.59. The molecule has 0 atom stereocenters. The second-order valence-corrected chi connectivity index (χ2v) is 9.30. The molecular weight excluding hydrogens is 426 g/mol. The molecular formula is C33H28NO+. The number of benzene rings is 4. The zero-order chi connectivity index (χ0) is 23.9. The first-order valence-corrected chi connectivity index (χ1v) is 12.2.